The average Bonchev–Trinajstić information content (AvgIpc) is 2.46. The molecule has 2 aromatic rings. The van der Waals surface area contributed by atoms with E-state index in [1.807, 2.05) is 41.8 Å². The molecule has 0 saturated heterocycles. The predicted octanol–water partition coefficient (Wildman–Crippen LogP) is 0.977. The van der Waals surface area contributed by atoms with Crippen LogP contribution in [0.5, 0.6) is 0 Å². The molecule has 0 aliphatic rings. The van der Waals surface area contributed by atoms with Crippen LogP contribution in [0.15, 0.2) is 22.8 Å². The van der Waals surface area contributed by atoms with E-state index in [9.17, 15) is 0 Å². The van der Waals surface area contributed by atoms with Crippen LogP contribution in [0.4, 0.5) is 5.95 Å². The highest BCUT2D eigenvalue weighted by Crippen LogP contribution is 2.09. The Labute approximate surface area is 84.3 Å². The molecule has 0 saturated carbocycles. The van der Waals surface area contributed by atoms with Gasteiger partial charge in [-0.3, -0.25) is 0 Å². The third-order valence-electron chi connectivity index (χ3n) is 1.76. The summed E-state index contributed by atoms with van der Waals surface area (Å²) >= 11 is 3.40. The van der Waals surface area contributed by atoms with Crippen LogP contribution in [-0.2, 0) is 0 Å². The van der Waals surface area contributed by atoms with E-state index in [1.165, 1.54) is 0 Å². The number of fused-ring (bicyclic) bond motifs is 1. The minimum Gasteiger partial charge on any atom is -0.325 e. The van der Waals surface area contributed by atoms with Gasteiger partial charge in [0.2, 0.25) is 0 Å². The van der Waals surface area contributed by atoms with Crippen LogP contribution in [0, 0.1) is 0 Å². The summed E-state index contributed by atoms with van der Waals surface area (Å²) < 4.78 is 2.91. The van der Waals surface area contributed by atoms with E-state index in [4.69, 9.17) is 0 Å². The number of rotatable bonds is 1. The first-order valence-electron chi connectivity index (χ1n) is 3.91. The summed E-state index contributed by atoms with van der Waals surface area (Å²) in [6, 6.07) is 3.92. The molecule has 0 aliphatic heterocycles. The molecule has 0 atom stereocenters. The van der Waals surface area contributed by atoms with E-state index in [2.05, 4.69) is 26.0 Å². The molecule has 1 N–H and O–H groups in total. The first-order chi connectivity index (χ1) is 6.16. The number of halogens is 1. The summed E-state index contributed by atoms with van der Waals surface area (Å²) in [7, 11) is 3.90. The summed E-state index contributed by atoms with van der Waals surface area (Å²) in [4.78, 5) is 6.31. The molecule has 0 aliphatic carbocycles. The van der Waals surface area contributed by atoms with Gasteiger partial charge in [-0.25, -0.2) is 0 Å². The van der Waals surface area contributed by atoms with Gasteiger partial charge in [0.15, 0.2) is 0 Å². The lowest BCUT2D eigenvalue weighted by atomic mass is 10.5. The largest absolute Gasteiger partial charge is 0.352 e. The van der Waals surface area contributed by atoms with Crippen LogP contribution in [0.2, 0.25) is 0 Å². The molecule has 2 aromatic heterocycles. The maximum Gasteiger partial charge on any atom is 0.352 e. The maximum absolute atomic E-state index is 4.38. The first-order valence-corrected chi connectivity index (χ1v) is 4.70. The van der Waals surface area contributed by atoms with Crippen LogP contribution in [-0.4, -0.2) is 24.2 Å². The van der Waals surface area contributed by atoms with Gasteiger partial charge in [0.05, 0.1) is 0 Å². The fraction of sp³-hybridized carbons (Fsp3) is 0.250. The zero-order valence-corrected chi connectivity index (χ0v) is 9.04. The summed E-state index contributed by atoms with van der Waals surface area (Å²) in [6.07, 6.45) is 1.93. The molecule has 0 radical (unpaired) electrons. The lowest BCUT2D eigenvalue weighted by Crippen LogP contribution is -2.23. The van der Waals surface area contributed by atoms with E-state index in [-0.39, 0.29) is 0 Å². The van der Waals surface area contributed by atoms with Crippen molar-refractivity contribution < 1.29 is 4.52 Å². The molecule has 0 aromatic carbocycles. The van der Waals surface area contributed by atoms with Gasteiger partial charge in [-0.2, -0.15) is 5.10 Å². The highest BCUT2D eigenvalue weighted by atomic mass is 79.9. The Bertz CT molecular complexity index is 435. The zero-order chi connectivity index (χ0) is 9.42. The average molecular weight is 242 g/mol. The van der Waals surface area contributed by atoms with E-state index in [0.717, 1.165) is 16.1 Å². The van der Waals surface area contributed by atoms with Crippen molar-refractivity contribution in [2.45, 2.75) is 0 Å². The second-order valence-electron chi connectivity index (χ2n) is 3.01. The van der Waals surface area contributed by atoms with E-state index >= 15 is 0 Å². The quantitative estimate of drug-likeness (QED) is 0.756. The number of aromatic nitrogens is 3. The highest BCUT2D eigenvalue weighted by Gasteiger charge is 2.13. The molecule has 0 bridgehead atoms. The Balaban J connectivity index is 2.62. The lowest BCUT2D eigenvalue weighted by Gasteiger charge is -1.99. The Morgan fingerprint density at radius 2 is 2.31 bits per heavy atom. The van der Waals surface area contributed by atoms with Crippen LogP contribution < -0.4 is 9.42 Å². The second-order valence-corrected chi connectivity index (χ2v) is 3.93. The van der Waals surface area contributed by atoms with Gasteiger partial charge >= 0.3 is 11.6 Å². The summed E-state index contributed by atoms with van der Waals surface area (Å²) in [5.74, 6) is 0.845. The number of aromatic amines is 1. The predicted molar refractivity (Wildman–Crippen MR) is 53.8 cm³/mol. The molecule has 2 rings (SSSR count). The van der Waals surface area contributed by atoms with Gasteiger partial charge < -0.3 is 4.90 Å². The van der Waals surface area contributed by atoms with Gasteiger partial charge in [-0.05, 0) is 6.07 Å². The van der Waals surface area contributed by atoms with Crippen molar-refractivity contribution in [1.82, 2.24) is 10.1 Å². The standard InChI is InChI=1S/C8H9BrN4/c1-12(2)8-10-7-5-6(9)3-4-13(7)11-8/h3-5H,1-2H3/p+1. The number of nitrogens with one attached hydrogen (secondary N) is 1. The third-order valence-corrected chi connectivity index (χ3v) is 2.25. The molecule has 68 valence electrons. The van der Waals surface area contributed by atoms with Crippen molar-refractivity contribution in [3.8, 4) is 0 Å². The van der Waals surface area contributed by atoms with Gasteiger partial charge in [0.25, 0.3) is 0 Å². The molecular weight excluding hydrogens is 232 g/mol. The zero-order valence-electron chi connectivity index (χ0n) is 7.45. The number of hydrogen-bond acceptors (Lipinski definition) is 2. The lowest BCUT2D eigenvalue weighted by molar-refractivity contribution is -0.576. The molecule has 0 spiro atoms. The molecule has 0 unspecified atom stereocenters. The fourth-order valence-corrected chi connectivity index (χ4v) is 1.41. The smallest absolute Gasteiger partial charge is 0.325 e. The summed E-state index contributed by atoms with van der Waals surface area (Å²) in [6.45, 7) is 0. The fourth-order valence-electron chi connectivity index (χ4n) is 1.09. The van der Waals surface area contributed by atoms with Gasteiger partial charge in [0.1, 0.15) is 6.20 Å². The van der Waals surface area contributed by atoms with Crippen LogP contribution >= 0.6 is 15.9 Å². The van der Waals surface area contributed by atoms with Crippen LogP contribution in [0.1, 0.15) is 0 Å². The van der Waals surface area contributed by atoms with Crippen molar-refractivity contribution in [1.29, 1.82) is 0 Å². The Morgan fingerprint density at radius 1 is 1.54 bits per heavy atom. The van der Waals surface area contributed by atoms with Crippen molar-refractivity contribution in [2.75, 3.05) is 19.0 Å². The Morgan fingerprint density at radius 3 is 3.00 bits per heavy atom. The minimum atomic E-state index is 0.845. The number of pyridine rings is 1. The highest BCUT2D eigenvalue weighted by molar-refractivity contribution is 9.10. The number of anilines is 1. The minimum absolute atomic E-state index is 0.845. The molecule has 5 heteroatoms. The van der Waals surface area contributed by atoms with Gasteiger partial charge in [0, 0.05) is 29.6 Å². The topological polar surface area (TPSA) is 36.0 Å². The number of nitrogens with zero attached hydrogens (tertiary/aromatic N) is 3. The van der Waals surface area contributed by atoms with Gasteiger partial charge in [-0.15, -0.1) is 4.52 Å². The summed E-state index contributed by atoms with van der Waals surface area (Å²) in [5.41, 5.74) is 0.901. The monoisotopic (exact) mass is 241 g/mol. The van der Waals surface area contributed by atoms with Gasteiger partial charge in [-0.1, -0.05) is 15.9 Å². The number of hydrogen-bond donors (Lipinski definition) is 1. The molecule has 0 amide bonds. The van der Waals surface area contributed by atoms with E-state index in [0.29, 0.717) is 0 Å². The Kier molecular flexibility index (Phi) is 1.95. The molecule has 4 nitrogen and oxygen atoms in total. The van der Waals surface area contributed by atoms with E-state index in [1.54, 1.807) is 0 Å². The van der Waals surface area contributed by atoms with Crippen molar-refractivity contribution in [3.05, 3.63) is 22.8 Å². The van der Waals surface area contributed by atoms with Crippen LogP contribution in [0.25, 0.3) is 5.65 Å². The first kappa shape index (κ1) is 8.50. The SMILES string of the molecule is CN(C)c1nc2cc(Br)cc[n+]2[nH]1. The normalized spacial score (nSPS) is 10.7. The number of H-pyrrole nitrogens is 1. The van der Waals surface area contributed by atoms with E-state index < -0.39 is 0 Å². The summed E-state index contributed by atoms with van der Waals surface area (Å²) in [5, 5.41) is 3.13. The van der Waals surface area contributed by atoms with Crippen molar-refractivity contribution in [3.63, 3.8) is 0 Å². The van der Waals surface area contributed by atoms with Crippen molar-refractivity contribution >= 4 is 27.5 Å². The maximum atomic E-state index is 4.38. The molecule has 2 heterocycles. The molecular formula is C8H10BrN4+. The van der Waals surface area contributed by atoms with Crippen LogP contribution in [0.3, 0.4) is 0 Å². The Hall–Kier alpha value is -1.10. The second kappa shape index (κ2) is 2.99. The molecule has 0 fully saturated rings. The molecule has 13 heavy (non-hydrogen) atoms. The van der Waals surface area contributed by atoms with Crippen molar-refractivity contribution in [2.24, 2.45) is 0 Å². The third kappa shape index (κ3) is 1.51.